The Bertz CT molecular complexity index is 1940. The summed E-state index contributed by atoms with van der Waals surface area (Å²) in [5, 5.41) is 10.3. The lowest BCUT2D eigenvalue weighted by molar-refractivity contribution is -0.215. The molecule has 13 nitrogen and oxygen atoms in total. The van der Waals surface area contributed by atoms with Gasteiger partial charge in [0.15, 0.2) is 12.1 Å². The van der Waals surface area contributed by atoms with Crippen molar-refractivity contribution < 1.29 is 52.6 Å². The zero-order valence-electron chi connectivity index (χ0n) is 32.6. The Kier molecular flexibility index (Phi) is 12.4. The van der Waals surface area contributed by atoms with Gasteiger partial charge in [0.25, 0.3) is 0 Å². The van der Waals surface area contributed by atoms with E-state index in [9.17, 15) is 14.7 Å². The monoisotopic (exact) mass is 794 g/mol. The van der Waals surface area contributed by atoms with E-state index in [0.29, 0.717) is 26.3 Å². The standard InChI is InChI=1S/C24H27NO6.C21H23NO5/c1-24(2)30-21-19-20(29-22(21)31-24)18(27-14-16-9-5-3-6-10-16)13-25(19)23(26)28-15-17-11-7-4-8-12-17;23-17-14-26-20-18(25-12-15-7-3-1-4-8-15)11-22(19(17)20)21(24)27-13-16-9-5-2-6-10-16/h3-12,18-22H,13-15H2,1-2H3;1-10,17-20,23H,11-14H2/t18-,19+,20-,21-,22-;17-,18+,19+,20+/m10/s1. The van der Waals surface area contributed by atoms with Crippen LogP contribution in [0.25, 0.3) is 0 Å². The number of carbonyl (C=O) groups excluding carboxylic acids is 2. The molecule has 9 rings (SSSR count). The molecule has 13 heteroatoms. The topological polar surface area (TPSA) is 135 Å². The van der Waals surface area contributed by atoms with Crippen LogP contribution in [-0.2, 0) is 64.3 Å². The molecule has 1 N–H and O–H groups in total. The number of aliphatic hydroxyl groups excluding tert-OH is 1. The number of benzene rings is 4. The third-order valence-corrected chi connectivity index (χ3v) is 10.9. The number of likely N-dealkylation sites (tertiary alicyclic amines) is 2. The Balaban J connectivity index is 0.000000164. The van der Waals surface area contributed by atoms with Crippen LogP contribution in [0.1, 0.15) is 36.1 Å². The number of ether oxygens (including phenoxy) is 8. The molecule has 58 heavy (non-hydrogen) atoms. The van der Waals surface area contributed by atoms with Crippen LogP contribution in [0.5, 0.6) is 0 Å². The van der Waals surface area contributed by atoms with Gasteiger partial charge in [-0.2, -0.15) is 0 Å². The molecule has 0 aromatic heterocycles. The van der Waals surface area contributed by atoms with Gasteiger partial charge in [-0.25, -0.2) is 9.59 Å². The summed E-state index contributed by atoms with van der Waals surface area (Å²) in [4.78, 5) is 28.9. The van der Waals surface area contributed by atoms with Crippen LogP contribution in [0, 0.1) is 0 Å². The van der Waals surface area contributed by atoms with Gasteiger partial charge in [-0.1, -0.05) is 121 Å². The molecule has 4 aromatic carbocycles. The van der Waals surface area contributed by atoms with Gasteiger partial charge in [-0.15, -0.1) is 0 Å². The molecule has 5 heterocycles. The van der Waals surface area contributed by atoms with Gasteiger partial charge in [0, 0.05) is 0 Å². The van der Waals surface area contributed by atoms with Crippen molar-refractivity contribution in [3.05, 3.63) is 144 Å². The van der Waals surface area contributed by atoms with E-state index in [2.05, 4.69) is 0 Å². The maximum atomic E-state index is 13.0. The fraction of sp³-hybridized carbons (Fsp3) is 0.422. The number of hydrogen-bond acceptors (Lipinski definition) is 11. The molecular formula is C45H50N2O11. The molecule has 9 atom stereocenters. The molecule has 0 spiro atoms. The normalized spacial score (nSPS) is 28.9. The summed E-state index contributed by atoms with van der Waals surface area (Å²) in [6, 6.07) is 38.2. The molecule has 5 fully saturated rings. The number of amides is 2. The van der Waals surface area contributed by atoms with E-state index >= 15 is 0 Å². The lowest BCUT2D eigenvalue weighted by Crippen LogP contribution is -2.46. The van der Waals surface area contributed by atoms with E-state index in [1.807, 2.05) is 135 Å². The zero-order chi connectivity index (χ0) is 40.1. The summed E-state index contributed by atoms with van der Waals surface area (Å²) in [6.07, 6.45) is -3.76. The zero-order valence-corrected chi connectivity index (χ0v) is 32.6. The lowest BCUT2D eigenvalue weighted by Gasteiger charge is -2.27. The predicted molar refractivity (Wildman–Crippen MR) is 209 cm³/mol. The molecule has 2 amide bonds. The second-order valence-electron chi connectivity index (χ2n) is 15.5. The first-order chi connectivity index (χ1) is 28.2. The highest BCUT2D eigenvalue weighted by Crippen LogP contribution is 2.44. The largest absolute Gasteiger partial charge is 0.445 e. The quantitative estimate of drug-likeness (QED) is 0.208. The molecule has 0 aliphatic carbocycles. The van der Waals surface area contributed by atoms with E-state index in [-0.39, 0.29) is 56.4 Å². The molecule has 4 aromatic rings. The molecule has 0 bridgehead atoms. The van der Waals surface area contributed by atoms with Crippen LogP contribution < -0.4 is 0 Å². The van der Waals surface area contributed by atoms with Gasteiger partial charge in [0.05, 0.1) is 45.0 Å². The van der Waals surface area contributed by atoms with Gasteiger partial charge in [-0.3, -0.25) is 9.80 Å². The van der Waals surface area contributed by atoms with Crippen LogP contribution >= 0.6 is 0 Å². The van der Waals surface area contributed by atoms with Crippen molar-refractivity contribution in [2.45, 2.75) is 101 Å². The van der Waals surface area contributed by atoms with Crippen LogP contribution in [0.15, 0.2) is 121 Å². The predicted octanol–water partition coefficient (Wildman–Crippen LogP) is 5.82. The number of aliphatic hydroxyl groups is 1. The maximum Gasteiger partial charge on any atom is 0.410 e. The minimum absolute atomic E-state index is 0.194. The molecule has 306 valence electrons. The Morgan fingerprint density at radius 3 is 1.52 bits per heavy atom. The second-order valence-corrected chi connectivity index (χ2v) is 15.5. The summed E-state index contributed by atoms with van der Waals surface area (Å²) in [5.74, 6) is -0.761. The maximum absolute atomic E-state index is 13.0. The molecule has 0 saturated carbocycles. The lowest BCUT2D eigenvalue weighted by atomic mass is 10.1. The van der Waals surface area contributed by atoms with Crippen LogP contribution in [0.3, 0.4) is 0 Å². The van der Waals surface area contributed by atoms with Crippen LogP contribution in [-0.4, -0.2) is 108 Å². The second kappa shape index (κ2) is 18.0. The Morgan fingerprint density at radius 2 is 1.03 bits per heavy atom. The Hall–Kier alpha value is -4.86. The molecule has 5 aliphatic heterocycles. The molecule has 0 radical (unpaired) electrons. The van der Waals surface area contributed by atoms with E-state index in [1.165, 1.54) is 0 Å². The minimum Gasteiger partial charge on any atom is -0.445 e. The van der Waals surface area contributed by atoms with Gasteiger partial charge in [0.2, 0.25) is 0 Å². The first-order valence-corrected chi connectivity index (χ1v) is 19.8. The highest BCUT2D eigenvalue weighted by Gasteiger charge is 2.63. The number of fused-ring (bicyclic) bond motifs is 4. The summed E-state index contributed by atoms with van der Waals surface area (Å²) in [6.45, 7) is 5.88. The average molecular weight is 795 g/mol. The molecule has 0 unspecified atom stereocenters. The third kappa shape index (κ3) is 9.21. The van der Waals surface area contributed by atoms with Crippen molar-refractivity contribution in [1.29, 1.82) is 0 Å². The average Bonchev–Trinajstić information content (AvgIpc) is 4.05. The molecular weight excluding hydrogens is 744 g/mol. The minimum atomic E-state index is -0.761. The molecule has 5 aliphatic rings. The number of carbonyl (C=O) groups is 2. The van der Waals surface area contributed by atoms with Crippen LogP contribution in [0.4, 0.5) is 9.59 Å². The van der Waals surface area contributed by atoms with Crippen molar-refractivity contribution in [3.8, 4) is 0 Å². The highest BCUT2D eigenvalue weighted by atomic mass is 16.8. The summed E-state index contributed by atoms with van der Waals surface area (Å²) in [5.41, 5.74) is 3.97. The summed E-state index contributed by atoms with van der Waals surface area (Å²) < 4.78 is 47.1. The summed E-state index contributed by atoms with van der Waals surface area (Å²) >= 11 is 0. The van der Waals surface area contributed by atoms with Crippen molar-refractivity contribution in [3.63, 3.8) is 0 Å². The molecule has 5 saturated heterocycles. The SMILES string of the molecule is CC1(C)O[C@H]2O[C@H]3[C@@H]([C@H]2O1)N(C(=O)OCc1ccccc1)C[C@H]3OCc1ccccc1.O=C(OCc1ccccc1)N1C[C@@H](OCc2ccccc2)[C@H]2OC[C@H](O)[C@H]21. The fourth-order valence-corrected chi connectivity index (χ4v) is 8.20. The van der Waals surface area contributed by atoms with Gasteiger partial charge >= 0.3 is 12.2 Å². The van der Waals surface area contributed by atoms with E-state index in [4.69, 9.17) is 37.9 Å². The van der Waals surface area contributed by atoms with E-state index in [0.717, 1.165) is 22.3 Å². The number of nitrogens with zero attached hydrogens (tertiary/aromatic N) is 2. The van der Waals surface area contributed by atoms with Crippen LogP contribution in [0.2, 0.25) is 0 Å². The third-order valence-electron chi connectivity index (χ3n) is 10.9. The van der Waals surface area contributed by atoms with Crippen molar-refractivity contribution >= 4 is 12.2 Å². The number of rotatable bonds is 10. The Morgan fingerprint density at radius 1 is 0.603 bits per heavy atom. The first-order valence-electron chi connectivity index (χ1n) is 19.8. The van der Waals surface area contributed by atoms with Gasteiger partial charge in [0.1, 0.15) is 49.8 Å². The summed E-state index contributed by atoms with van der Waals surface area (Å²) in [7, 11) is 0. The van der Waals surface area contributed by atoms with Gasteiger partial charge < -0.3 is 43.0 Å². The Labute approximate surface area is 338 Å². The van der Waals surface area contributed by atoms with Crippen molar-refractivity contribution in [2.75, 3.05) is 19.7 Å². The highest BCUT2D eigenvalue weighted by molar-refractivity contribution is 5.69. The van der Waals surface area contributed by atoms with Crippen molar-refractivity contribution in [2.24, 2.45) is 0 Å². The number of hydrogen-bond donors (Lipinski definition) is 1. The van der Waals surface area contributed by atoms with E-state index < -0.39 is 36.4 Å². The smallest absolute Gasteiger partial charge is 0.410 e. The van der Waals surface area contributed by atoms with Gasteiger partial charge in [-0.05, 0) is 36.1 Å². The van der Waals surface area contributed by atoms with E-state index in [1.54, 1.807) is 9.80 Å². The fourth-order valence-electron chi connectivity index (χ4n) is 8.20. The first kappa shape index (κ1) is 39.9. The van der Waals surface area contributed by atoms with Crippen molar-refractivity contribution in [1.82, 2.24) is 9.80 Å².